The fourth-order valence-electron chi connectivity index (χ4n) is 3.90. The maximum absolute atomic E-state index is 14.1. The summed E-state index contributed by atoms with van der Waals surface area (Å²) in [4.78, 5) is 12.4. The molecule has 134 valence electrons. The van der Waals surface area contributed by atoms with E-state index in [1.54, 1.807) is 0 Å². The minimum absolute atomic E-state index is 0.0147. The van der Waals surface area contributed by atoms with Crippen molar-refractivity contribution in [2.24, 2.45) is 5.41 Å². The molecule has 1 aromatic rings. The average Bonchev–Trinajstić information content (AvgIpc) is 3.12. The van der Waals surface area contributed by atoms with Gasteiger partial charge in [-0.05, 0) is 25.7 Å². The lowest BCUT2D eigenvalue weighted by molar-refractivity contribution is -0.0373. The number of aromatic nitrogens is 2. The number of hydrogen-bond donors (Lipinski definition) is 2. The largest absolute Gasteiger partial charge is 0.396 e. The number of halogens is 1. The summed E-state index contributed by atoms with van der Waals surface area (Å²) in [7, 11) is 0. The smallest absolute Gasteiger partial charge is 0.227 e. The molecular weight excluding hydrogens is 311 g/mol. The van der Waals surface area contributed by atoms with Crippen molar-refractivity contribution in [3.63, 3.8) is 0 Å². The van der Waals surface area contributed by atoms with E-state index >= 15 is 0 Å². The first-order chi connectivity index (χ1) is 11.6. The van der Waals surface area contributed by atoms with Gasteiger partial charge < -0.3 is 20.0 Å². The first-order valence-electron chi connectivity index (χ1n) is 8.91. The number of piperidine rings is 1. The summed E-state index contributed by atoms with van der Waals surface area (Å²) in [6.07, 6.45) is 5.08. The lowest BCUT2D eigenvalue weighted by Gasteiger charge is -2.44. The van der Waals surface area contributed by atoms with Gasteiger partial charge in [0, 0.05) is 31.6 Å². The third-order valence-electron chi connectivity index (χ3n) is 5.44. The molecule has 24 heavy (non-hydrogen) atoms. The van der Waals surface area contributed by atoms with Gasteiger partial charge in [-0.2, -0.15) is 4.98 Å². The van der Waals surface area contributed by atoms with Gasteiger partial charge in [0.15, 0.2) is 11.6 Å². The third-order valence-corrected chi connectivity index (χ3v) is 5.44. The predicted molar refractivity (Wildman–Crippen MR) is 90.7 cm³/mol. The number of nitrogens with zero attached hydrogens (tertiary/aromatic N) is 4. The summed E-state index contributed by atoms with van der Waals surface area (Å²) in [5.74, 6) is 0.425. The first-order valence-corrected chi connectivity index (χ1v) is 8.91. The molecule has 2 atom stereocenters. The molecule has 0 aliphatic carbocycles. The van der Waals surface area contributed by atoms with Gasteiger partial charge in [-0.1, -0.05) is 13.3 Å². The van der Waals surface area contributed by atoms with Crippen molar-refractivity contribution in [3.05, 3.63) is 12.0 Å². The lowest BCUT2D eigenvalue weighted by Crippen LogP contribution is -2.53. The third kappa shape index (κ3) is 3.19. The number of anilines is 2. The van der Waals surface area contributed by atoms with Crippen LogP contribution >= 0.6 is 0 Å². The molecule has 0 saturated carbocycles. The Morgan fingerprint density at radius 2 is 2.04 bits per heavy atom. The van der Waals surface area contributed by atoms with Gasteiger partial charge in [0.1, 0.15) is 0 Å². The molecule has 7 heteroatoms. The van der Waals surface area contributed by atoms with Crippen molar-refractivity contribution in [1.82, 2.24) is 9.97 Å². The summed E-state index contributed by atoms with van der Waals surface area (Å²) >= 11 is 0. The predicted octanol–water partition coefficient (Wildman–Crippen LogP) is 1.57. The van der Waals surface area contributed by atoms with Crippen LogP contribution in [-0.2, 0) is 0 Å². The van der Waals surface area contributed by atoms with Crippen molar-refractivity contribution in [3.8, 4) is 0 Å². The van der Waals surface area contributed by atoms with Gasteiger partial charge >= 0.3 is 0 Å². The fraction of sp³-hybridized carbons (Fsp3) is 0.765. The quantitative estimate of drug-likeness (QED) is 0.849. The van der Waals surface area contributed by atoms with E-state index < -0.39 is 17.3 Å². The van der Waals surface area contributed by atoms with E-state index in [4.69, 9.17) is 0 Å². The molecule has 0 aromatic carbocycles. The van der Waals surface area contributed by atoms with Crippen LogP contribution in [0.15, 0.2) is 6.20 Å². The van der Waals surface area contributed by atoms with Gasteiger partial charge in [0.2, 0.25) is 5.95 Å². The van der Waals surface area contributed by atoms with Crippen LogP contribution in [0, 0.1) is 11.2 Å². The fourth-order valence-corrected chi connectivity index (χ4v) is 3.90. The molecule has 0 unspecified atom stereocenters. The molecular formula is C17H27FN4O2. The Labute approximate surface area is 142 Å². The second-order valence-corrected chi connectivity index (χ2v) is 7.02. The molecule has 0 spiro atoms. The van der Waals surface area contributed by atoms with Gasteiger partial charge in [0.25, 0.3) is 0 Å². The molecule has 0 radical (unpaired) electrons. The van der Waals surface area contributed by atoms with E-state index in [1.165, 1.54) is 6.20 Å². The molecule has 0 amide bonds. The summed E-state index contributed by atoms with van der Waals surface area (Å²) in [6.45, 7) is 4.70. The Morgan fingerprint density at radius 3 is 2.67 bits per heavy atom. The molecule has 1 aromatic heterocycles. The number of aliphatic hydroxyl groups excluding tert-OH is 2. The maximum atomic E-state index is 14.1. The minimum atomic E-state index is -0.639. The molecule has 2 N–H and O–H groups in total. The molecule has 2 aliphatic heterocycles. The van der Waals surface area contributed by atoms with E-state index in [9.17, 15) is 14.6 Å². The molecule has 3 rings (SSSR count). The van der Waals surface area contributed by atoms with E-state index in [-0.39, 0.29) is 6.61 Å². The Kier molecular flexibility index (Phi) is 5.20. The van der Waals surface area contributed by atoms with E-state index in [0.717, 1.165) is 38.8 Å². The van der Waals surface area contributed by atoms with Crippen LogP contribution in [0.1, 0.15) is 39.0 Å². The van der Waals surface area contributed by atoms with Gasteiger partial charge in [-0.15, -0.1) is 0 Å². The highest BCUT2D eigenvalue weighted by molar-refractivity contribution is 5.46. The highest BCUT2D eigenvalue weighted by Crippen LogP contribution is 2.37. The Balaban J connectivity index is 1.77. The minimum Gasteiger partial charge on any atom is -0.396 e. The monoisotopic (exact) mass is 338 g/mol. The van der Waals surface area contributed by atoms with Crippen molar-refractivity contribution in [2.45, 2.75) is 45.1 Å². The summed E-state index contributed by atoms with van der Waals surface area (Å²) in [5, 5.41) is 20.3. The Morgan fingerprint density at radius 1 is 1.29 bits per heavy atom. The Hall–Kier alpha value is -1.47. The van der Waals surface area contributed by atoms with Gasteiger partial charge in [-0.25, -0.2) is 9.37 Å². The molecule has 3 heterocycles. The molecule has 6 nitrogen and oxygen atoms in total. The van der Waals surface area contributed by atoms with Crippen LogP contribution in [-0.4, -0.2) is 59.1 Å². The zero-order valence-electron chi connectivity index (χ0n) is 14.3. The number of β-amino-alcohol motifs (C(OH)–C–C–N with tert-alkyl or cyclic N) is 1. The molecule has 2 fully saturated rings. The van der Waals surface area contributed by atoms with E-state index in [2.05, 4.69) is 16.9 Å². The highest BCUT2D eigenvalue weighted by atomic mass is 19.1. The maximum Gasteiger partial charge on any atom is 0.227 e. The second-order valence-electron chi connectivity index (χ2n) is 7.02. The number of hydrogen-bond acceptors (Lipinski definition) is 6. The van der Waals surface area contributed by atoms with Crippen molar-refractivity contribution < 1.29 is 14.6 Å². The van der Waals surface area contributed by atoms with Crippen molar-refractivity contribution >= 4 is 11.8 Å². The molecule has 2 saturated heterocycles. The van der Waals surface area contributed by atoms with E-state index in [1.807, 2.05) is 9.80 Å². The molecule has 0 bridgehead atoms. The average molecular weight is 338 g/mol. The van der Waals surface area contributed by atoms with Gasteiger partial charge in [0.05, 0.1) is 18.9 Å². The first kappa shape index (κ1) is 17.4. The number of aliphatic hydroxyl groups is 2. The van der Waals surface area contributed by atoms with Crippen molar-refractivity contribution in [1.29, 1.82) is 0 Å². The standard InChI is InChI=1S/C17H27FN4O2/c1-2-5-17(12-23)6-9-22(11-14(17)24)16-19-10-13(18)15(20-16)21-7-3-4-8-21/h10,14,23-24H,2-9,11-12H2,1H3/t14-,17+/m0/s1. The summed E-state index contributed by atoms with van der Waals surface area (Å²) in [6, 6.07) is 0. The zero-order chi connectivity index (χ0) is 17.2. The summed E-state index contributed by atoms with van der Waals surface area (Å²) in [5.41, 5.74) is -0.441. The van der Waals surface area contributed by atoms with Crippen LogP contribution < -0.4 is 9.80 Å². The van der Waals surface area contributed by atoms with Crippen LogP contribution in [0.3, 0.4) is 0 Å². The van der Waals surface area contributed by atoms with Crippen LogP contribution in [0.4, 0.5) is 16.2 Å². The highest BCUT2D eigenvalue weighted by Gasteiger charge is 2.41. The SMILES string of the molecule is CCC[C@]1(CO)CCN(c2ncc(F)c(N3CCCC3)n2)C[C@@H]1O. The topological polar surface area (TPSA) is 72.7 Å². The molecule has 2 aliphatic rings. The van der Waals surface area contributed by atoms with E-state index in [0.29, 0.717) is 31.3 Å². The lowest BCUT2D eigenvalue weighted by atomic mass is 9.73. The summed E-state index contributed by atoms with van der Waals surface area (Å²) < 4.78 is 14.1. The van der Waals surface area contributed by atoms with Crippen molar-refractivity contribution in [2.75, 3.05) is 42.6 Å². The zero-order valence-corrected chi connectivity index (χ0v) is 14.3. The number of rotatable bonds is 5. The normalized spacial score (nSPS) is 27.8. The second kappa shape index (κ2) is 7.19. The van der Waals surface area contributed by atoms with Crippen LogP contribution in [0.25, 0.3) is 0 Å². The van der Waals surface area contributed by atoms with Crippen LogP contribution in [0.2, 0.25) is 0 Å². The van der Waals surface area contributed by atoms with Gasteiger partial charge in [-0.3, -0.25) is 0 Å². The van der Waals surface area contributed by atoms with Crippen LogP contribution in [0.5, 0.6) is 0 Å². The Bertz CT molecular complexity index is 568.